The molecule has 3 nitrogen and oxygen atoms in total. The van der Waals surface area contributed by atoms with Gasteiger partial charge in [0.1, 0.15) is 11.4 Å². The molecule has 0 saturated carbocycles. The molecule has 2 rings (SSSR count). The van der Waals surface area contributed by atoms with Crippen molar-refractivity contribution in [1.82, 2.24) is 9.78 Å². The number of hydrogen-bond donors (Lipinski definition) is 0. The van der Waals surface area contributed by atoms with Gasteiger partial charge in [-0.1, -0.05) is 23.2 Å². The Morgan fingerprint density at radius 3 is 2.36 bits per heavy atom. The molecule has 22 heavy (non-hydrogen) atoms. The summed E-state index contributed by atoms with van der Waals surface area (Å²) in [6.07, 6.45) is -2.88. The van der Waals surface area contributed by atoms with Crippen LogP contribution in [0.1, 0.15) is 5.69 Å². The largest absolute Gasteiger partial charge is 0.433 e. The van der Waals surface area contributed by atoms with Gasteiger partial charge in [-0.15, -0.1) is 11.8 Å². The molecule has 0 radical (unpaired) electrons. The van der Waals surface area contributed by atoms with Gasteiger partial charge in [0, 0.05) is 23.6 Å². The number of hydrogen-bond acceptors (Lipinski definition) is 3. The summed E-state index contributed by atoms with van der Waals surface area (Å²) in [5, 5.41) is 4.26. The number of aryl methyl sites for hydroxylation is 1. The lowest BCUT2D eigenvalue weighted by molar-refractivity contribution is -0.144. The second-order valence-electron chi connectivity index (χ2n) is 4.33. The molecular weight excluding hydrogens is 360 g/mol. The van der Waals surface area contributed by atoms with E-state index in [9.17, 15) is 18.0 Å². The first-order valence-corrected chi connectivity index (χ1v) is 7.82. The van der Waals surface area contributed by atoms with Gasteiger partial charge in [-0.3, -0.25) is 9.48 Å². The van der Waals surface area contributed by atoms with Crippen molar-refractivity contribution < 1.29 is 13.2 Å². The Morgan fingerprint density at radius 1 is 1.18 bits per heavy atom. The molecule has 0 N–H and O–H groups in total. The van der Waals surface area contributed by atoms with E-state index in [-0.39, 0.29) is 16.3 Å². The highest BCUT2D eigenvalue weighted by Crippen LogP contribution is 2.35. The minimum absolute atomic E-state index is 0.146. The van der Waals surface area contributed by atoms with Gasteiger partial charge in [0.15, 0.2) is 0 Å². The minimum Gasteiger partial charge on any atom is -0.287 e. The van der Waals surface area contributed by atoms with Gasteiger partial charge in [0.05, 0.1) is 10.0 Å². The van der Waals surface area contributed by atoms with Crippen molar-refractivity contribution in [2.75, 3.05) is 6.26 Å². The van der Waals surface area contributed by atoms with Crippen LogP contribution >= 0.6 is 35.0 Å². The van der Waals surface area contributed by atoms with E-state index in [4.69, 9.17) is 23.2 Å². The summed E-state index contributed by atoms with van der Waals surface area (Å²) in [6.45, 7) is 0. The normalized spacial score (nSPS) is 11.8. The molecule has 0 aliphatic rings. The monoisotopic (exact) mass is 368 g/mol. The Bertz CT molecular complexity index is 790. The molecule has 0 spiro atoms. The first-order chi connectivity index (χ1) is 10.1. The fourth-order valence-corrected chi connectivity index (χ4v) is 3.05. The summed E-state index contributed by atoms with van der Waals surface area (Å²) < 4.78 is 38.9. The third-order valence-electron chi connectivity index (χ3n) is 2.89. The molecule has 0 aliphatic heterocycles. The summed E-state index contributed by atoms with van der Waals surface area (Å²) in [5.41, 5.74) is -1.91. The lowest BCUT2D eigenvalue weighted by Crippen LogP contribution is -2.22. The highest BCUT2D eigenvalue weighted by molar-refractivity contribution is 7.98. The number of alkyl halides is 3. The maximum Gasteiger partial charge on any atom is 0.433 e. The van der Waals surface area contributed by atoms with Gasteiger partial charge in [0.25, 0.3) is 0 Å². The van der Waals surface area contributed by atoms with Crippen molar-refractivity contribution in [2.24, 2.45) is 7.05 Å². The van der Waals surface area contributed by atoms with Crippen LogP contribution in [0.4, 0.5) is 13.2 Å². The topological polar surface area (TPSA) is 34.9 Å². The van der Waals surface area contributed by atoms with Crippen molar-refractivity contribution in [3.63, 3.8) is 0 Å². The lowest BCUT2D eigenvalue weighted by Gasteiger charge is -2.13. The molecule has 0 unspecified atom stereocenters. The first-order valence-electron chi connectivity index (χ1n) is 5.84. The summed E-state index contributed by atoms with van der Waals surface area (Å²) in [5.74, 6) is 0. The summed E-state index contributed by atoms with van der Waals surface area (Å²) in [7, 11) is 1.12. The molecule has 0 fully saturated rings. The lowest BCUT2D eigenvalue weighted by atomic mass is 10.1. The van der Waals surface area contributed by atoms with Crippen LogP contribution in [0.25, 0.3) is 11.3 Å². The van der Waals surface area contributed by atoms with Gasteiger partial charge in [-0.2, -0.15) is 18.3 Å². The van der Waals surface area contributed by atoms with E-state index >= 15 is 0 Å². The quantitative estimate of drug-likeness (QED) is 0.732. The van der Waals surface area contributed by atoms with Crippen LogP contribution in [-0.4, -0.2) is 16.0 Å². The highest BCUT2D eigenvalue weighted by atomic mass is 35.5. The minimum atomic E-state index is -4.66. The zero-order valence-electron chi connectivity index (χ0n) is 11.3. The number of benzene rings is 1. The summed E-state index contributed by atoms with van der Waals surface area (Å²) >= 11 is 13.4. The first kappa shape index (κ1) is 17.2. The van der Waals surface area contributed by atoms with Crippen LogP contribution in [-0.2, 0) is 13.2 Å². The van der Waals surface area contributed by atoms with Crippen LogP contribution < -0.4 is 5.43 Å². The van der Waals surface area contributed by atoms with Gasteiger partial charge in [-0.25, -0.2) is 0 Å². The fourth-order valence-electron chi connectivity index (χ4n) is 1.86. The Hall–Kier alpha value is -1.18. The second kappa shape index (κ2) is 6.14. The fraction of sp³-hybridized carbons (Fsp3) is 0.231. The number of aromatic nitrogens is 2. The molecule has 1 aromatic carbocycles. The number of thioether (sulfide) groups is 1. The molecule has 118 valence electrons. The Kier molecular flexibility index (Phi) is 4.79. The Balaban J connectivity index is 2.70. The van der Waals surface area contributed by atoms with Gasteiger partial charge < -0.3 is 0 Å². The molecule has 2 aromatic rings. The van der Waals surface area contributed by atoms with E-state index < -0.39 is 17.3 Å². The molecule has 1 aromatic heterocycles. The van der Waals surface area contributed by atoms with E-state index in [1.807, 2.05) is 0 Å². The van der Waals surface area contributed by atoms with E-state index in [0.29, 0.717) is 20.7 Å². The van der Waals surface area contributed by atoms with Gasteiger partial charge in [-0.05, 0) is 18.4 Å². The number of rotatable bonds is 2. The SMILES string of the molecule is CSc1cc(-c2nn(C)c(C(F)(F)F)cc2=O)c(Cl)cc1Cl. The molecule has 0 bridgehead atoms. The third-order valence-corrected chi connectivity index (χ3v) is 4.40. The maximum atomic E-state index is 12.8. The number of halogens is 5. The summed E-state index contributed by atoms with van der Waals surface area (Å²) in [4.78, 5) is 12.6. The van der Waals surface area contributed by atoms with Crippen molar-refractivity contribution in [3.05, 3.63) is 44.2 Å². The van der Waals surface area contributed by atoms with Crippen LogP contribution in [0.15, 0.2) is 27.9 Å². The van der Waals surface area contributed by atoms with E-state index in [1.54, 1.807) is 6.26 Å². The second-order valence-corrected chi connectivity index (χ2v) is 5.99. The van der Waals surface area contributed by atoms with E-state index in [0.717, 1.165) is 7.05 Å². The molecule has 0 atom stereocenters. The predicted molar refractivity (Wildman–Crippen MR) is 81.7 cm³/mol. The molecular formula is C13H9Cl2F3N2OS. The zero-order valence-corrected chi connectivity index (χ0v) is 13.7. The van der Waals surface area contributed by atoms with Crippen molar-refractivity contribution >= 4 is 35.0 Å². The predicted octanol–water partition coefficient (Wildman–Crippen LogP) is 4.49. The Labute approximate surface area is 138 Å². The van der Waals surface area contributed by atoms with E-state index in [2.05, 4.69) is 5.10 Å². The molecule has 0 saturated heterocycles. The molecule has 9 heteroatoms. The van der Waals surface area contributed by atoms with Gasteiger partial charge in [0.2, 0.25) is 5.43 Å². The maximum absolute atomic E-state index is 12.8. The smallest absolute Gasteiger partial charge is 0.287 e. The molecule has 0 aliphatic carbocycles. The average Bonchev–Trinajstić information content (AvgIpc) is 2.40. The van der Waals surface area contributed by atoms with Gasteiger partial charge >= 0.3 is 6.18 Å². The van der Waals surface area contributed by atoms with Crippen LogP contribution in [0.5, 0.6) is 0 Å². The Morgan fingerprint density at radius 2 is 1.82 bits per heavy atom. The highest BCUT2D eigenvalue weighted by Gasteiger charge is 2.34. The zero-order chi connectivity index (χ0) is 16.7. The van der Waals surface area contributed by atoms with Crippen molar-refractivity contribution in [1.29, 1.82) is 0 Å². The third kappa shape index (κ3) is 3.26. The molecule has 1 heterocycles. The number of nitrogens with zero attached hydrogens (tertiary/aromatic N) is 2. The summed E-state index contributed by atoms with van der Waals surface area (Å²) in [6, 6.07) is 3.47. The van der Waals surface area contributed by atoms with Crippen molar-refractivity contribution in [3.8, 4) is 11.3 Å². The van der Waals surface area contributed by atoms with Crippen molar-refractivity contribution in [2.45, 2.75) is 11.1 Å². The van der Waals surface area contributed by atoms with Crippen LogP contribution in [0.2, 0.25) is 10.0 Å². The molecule has 0 amide bonds. The van der Waals surface area contributed by atoms with Crippen LogP contribution in [0, 0.1) is 0 Å². The van der Waals surface area contributed by atoms with Crippen LogP contribution in [0.3, 0.4) is 0 Å². The van der Waals surface area contributed by atoms with E-state index in [1.165, 1.54) is 23.9 Å². The average molecular weight is 369 g/mol. The standard InChI is InChI=1S/C13H9Cl2F3N2OS/c1-20-11(13(16,17)18)5-9(21)12(19-20)6-3-10(22-2)8(15)4-7(6)14/h3-5H,1-2H3.